The highest BCUT2D eigenvalue weighted by molar-refractivity contribution is 6.97. The van der Waals surface area contributed by atoms with Crippen LogP contribution in [-0.2, 0) is 14.0 Å². The molecule has 2 aliphatic heterocycles. The molecule has 40 heavy (non-hydrogen) atoms. The fourth-order valence-corrected chi connectivity index (χ4v) is 10.8. The van der Waals surface area contributed by atoms with E-state index in [9.17, 15) is 6.17 Å². The van der Waals surface area contributed by atoms with Crippen LogP contribution in [0, 0.1) is 11.8 Å². The predicted molar refractivity (Wildman–Crippen MR) is 166 cm³/mol. The number of carbonyl (C=O) groups is 1. The second-order valence-electron chi connectivity index (χ2n) is 14.9. The average Bonchev–Trinajstić information content (AvgIpc) is 3.39. The lowest BCUT2D eigenvalue weighted by molar-refractivity contribution is -0.0249. The normalized spacial score (nSPS) is 30.0. The Balaban J connectivity index is 1.52. The van der Waals surface area contributed by atoms with Crippen molar-refractivity contribution in [3.05, 3.63) is 30.3 Å². The zero-order chi connectivity index (χ0) is 29.5. The Bertz CT molecular complexity index is 1000. The van der Waals surface area contributed by atoms with Crippen molar-refractivity contribution >= 4 is 26.5 Å². The molecule has 1 aromatic carbocycles. The number of piperidine rings is 1. The first-order valence-corrected chi connectivity index (χ1v) is 19.3. The van der Waals surface area contributed by atoms with Crippen molar-refractivity contribution < 1.29 is 20.2 Å². The maximum absolute atomic E-state index is 14.3. The maximum Gasteiger partial charge on any atom is 0.498 e. The van der Waals surface area contributed by atoms with Crippen LogP contribution in [-0.4, -0.2) is 55.1 Å². The van der Waals surface area contributed by atoms with Crippen LogP contribution in [0.1, 0.15) is 113 Å². The van der Waals surface area contributed by atoms with Crippen LogP contribution >= 0.6 is 0 Å². The quantitative estimate of drug-likeness (QED) is 0.331. The summed E-state index contributed by atoms with van der Waals surface area (Å²) in [5.74, 6) is 0.893. The fourth-order valence-electron chi connectivity index (χ4n) is 8.38. The topological polar surface area (TPSA) is 48.0 Å². The van der Waals surface area contributed by atoms with Gasteiger partial charge in [-0.05, 0) is 84.5 Å². The minimum Gasteiger partial charge on any atom is -0.452 e. The van der Waals surface area contributed by atoms with Crippen molar-refractivity contribution in [3.8, 4) is 0 Å². The molecule has 0 radical (unpaired) electrons. The van der Waals surface area contributed by atoms with Crippen LogP contribution in [0.25, 0.3) is 0 Å². The maximum atomic E-state index is 14.3. The second-order valence-corrected chi connectivity index (χ2v) is 19.2. The lowest BCUT2D eigenvalue weighted by Crippen LogP contribution is -2.66. The Morgan fingerprint density at radius 3 is 1.82 bits per heavy atom. The van der Waals surface area contributed by atoms with Crippen LogP contribution in [0.5, 0.6) is 0 Å². The monoisotopic (exact) mass is 568 g/mol. The number of carbonyl (C=O) groups excluding carboxylic acids is 1. The number of ether oxygens (including phenoxy) is 1. The lowest BCUT2D eigenvalue weighted by Gasteiger charge is -2.52. The number of nitrogens with zero attached hydrogens (tertiary/aromatic N) is 1. The molecule has 0 unspecified atom stereocenters. The summed E-state index contributed by atoms with van der Waals surface area (Å²) in [6.45, 7) is 12.8. The van der Waals surface area contributed by atoms with Crippen LogP contribution in [0.3, 0.4) is 0 Å². The van der Waals surface area contributed by atoms with Gasteiger partial charge in [-0.25, -0.2) is 4.79 Å². The van der Waals surface area contributed by atoms with Gasteiger partial charge in [0, 0.05) is 11.1 Å². The molecule has 0 bridgehead atoms. The molecule has 4 fully saturated rings. The number of rotatable bonds is 6. The summed E-state index contributed by atoms with van der Waals surface area (Å²) < 4.78 is 30.7. The summed E-state index contributed by atoms with van der Waals surface area (Å²) in [7, 11) is -3.73. The second kappa shape index (κ2) is 12.1. The number of benzene rings is 1. The van der Waals surface area contributed by atoms with E-state index in [1.807, 2.05) is 23.1 Å². The number of hydrogen-bond acceptors (Lipinski definition) is 4. The molecular weight excluding hydrogens is 513 g/mol. The predicted octanol–water partition coefficient (Wildman–Crippen LogP) is 7.66. The number of amides is 1. The molecule has 5 nitrogen and oxygen atoms in total. The third-order valence-electron chi connectivity index (χ3n) is 10.6. The Morgan fingerprint density at radius 1 is 0.875 bits per heavy atom. The van der Waals surface area contributed by atoms with Crippen LogP contribution in [0.2, 0.25) is 13.1 Å². The third-order valence-corrected chi connectivity index (χ3v) is 14.0. The van der Waals surface area contributed by atoms with Gasteiger partial charge in [-0.15, -0.1) is 0 Å². The first-order chi connectivity index (χ1) is 19.4. The van der Waals surface area contributed by atoms with E-state index in [0.29, 0.717) is 11.8 Å². The summed E-state index contributed by atoms with van der Waals surface area (Å²) in [4.78, 5) is 16.3. The van der Waals surface area contributed by atoms with Crippen molar-refractivity contribution in [1.82, 2.24) is 4.90 Å². The molecule has 1 amide bonds. The fraction of sp³-hybridized carbons (Fsp3) is 0.788. The van der Waals surface area contributed by atoms with Gasteiger partial charge in [0.1, 0.15) is 13.7 Å². The molecule has 5 rings (SSSR count). The summed E-state index contributed by atoms with van der Waals surface area (Å²) >= 11 is 0. The Labute approximate surface area is 246 Å². The van der Waals surface area contributed by atoms with E-state index < -0.39 is 26.9 Å². The third kappa shape index (κ3) is 6.22. The van der Waals surface area contributed by atoms with Gasteiger partial charge >= 0.3 is 13.2 Å². The standard InChI is InChI=1S/C33H54BNO4Si/c1-32(2)23-16-24-33(3,4)35(32)31(36)37-30(40(5,6)27-21-14-9-15-22-27)34-38-28(25-17-10-7-11-18-25)29(39-34)26-19-12-8-13-20-26/h9,14-15,21-22,25-26,28-30H,7-8,10-13,16-20,23-24H2,1-6H3/t28-,29-,30+/m1/s1/i30D. The minimum absolute atomic E-state index is 0.0322. The van der Waals surface area contributed by atoms with Gasteiger partial charge in [0.05, 0.1) is 13.6 Å². The first-order valence-electron chi connectivity index (χ1n) is 16.8. The highest BCUT2D eigenvalue weighted by atomic mass is 28.3. The van der Waals surface area contributed by atoms with E-state index in [2.05, 4.69) is 52.9 Å². The zero-order valence-electron chi connectivity index (χ0n) is 27.0. The first kappa shape index (κ1) is 28.8. The average molecular weight is 569 g/mol. The SMILES string of the molecule is [2H][C@@](OC(=O)N1C(C)(C)CCCC1(C)C)(B1O[C@H](C2CCCCC2)[C@@H](C2CCCCC2)O1)[Si](C)(C)c1ccccc1. The van der Waals surface area contributed by atoms with Gasteiger partial charge < -0.3 is 14.0 Å². The van der Waals surface area contributed by atoms with Gasteiger partial charge in [-0.3, -0.25) is 4.90 Å². The molecule has 0 N–H and O–H groups in total. The van der Waals surface area contributed by atoms with E-state index in [0.717, 1.165) is 50.1 Å². The van der Waals surface area contributed by atoms with Crippen molar-refractivity contribution in [2.45, 2.75) is 153 Å². The van der Waals surface area contributed by atoms with E-state index >= 15 is 0 Å². The van der Waals surface area contributed by atoms with Gasteiger partial charge in [-0.1, -0.05) is 87.1 Å². The molecule has 2 aliphatic carbocycles. The smallest absolute Gasteiger partial charge is 0.452 e. The van der Waals surface area contributed by atoms with Gasteiger partial charge in [0.2, 0.25) is 0 Å². The Morgan fingerprint density at radius 2 is 1.35 bits per heavy atom. The molecule has 1 aromatic rings. The summed E-state index contributed by atoms with van der Waals surface area (Å²) in [6, 6.07) is 10.2. The molecule has 3 atom stereocenters. The van der Waals surface area contributed by atoms with E-state index in [1.165, 1.54) is 38.5 Å². The number of hydrogen-bond donors (Lipinski definition) is 0. The van der Waals surface area contributed by atoms with Gasteiger partial charge in [0.15, 0.2) is 0 Å². The molecule has 2 saturated carbocycles. The Hall–Kier alpha value is -1.31. The molecule has 7 heteroatoms. The van der Waals surface area contributed by atoms with Gasteiger partial charge in [0.25, 0.3) is 0 Å². The summed E-state index contributed by atoms with van der Waals surface area (Å²) in [5.41, 5.74) is -2.36. The zero-order valence-corrected chi connectivity index (χ0v) is 27.0. The molecule has 4 aliphatic rings. The molecule has 2 heterocycles. The van der Waals surface area contributed by atoms with Crippen molar-refractivity contribution in [2.24, 2.45) is 11.8 Å². The van der Waals surface area contributed by atoms with E-state index in [4.69, 9.17) is 14.0 Å². The highest BCUT2D eigenvalue weighted by Gasteiger charge is 2.57. The van der Waals surface area contributed by atoms with Crippen molar-refractivity contribution in [1.29, 1.82) is 0 Å². The van der Waals surface area contributed by atoms with Crippen molar-refractivity contribution in [2.75, 3.05) is 0 Å². The summed E-state index contributed by atoms with van der Waals surface area (Å²) in [6.07, 6.45) is 14.6. The largest absolute Gasteiger partial charge is 0.498 e. The molecule has 222 valence electrons. The van der Waals surface area contributed by atoms with Crippen LogP contribution in [0.15, 0.2) is 30.3 Å². The lowest BCUT2D eigenvalue weighted by atomic mass is 9.77. The molecule has 0 aromatic heterocycles. The van der Waals surface area contributed by atoms with E-state index in [1.54, 1.807) is 0 Å². The molecular formula is C33H54BNO4Si. The van der Waals surface area contributed by atoms with Crippen LogP contribution in [0.4, 0.5) is 4.79 Å². The summed E-state index contributed by atoms with van der Waals surface area (Å²) in [5, 5.41) is 1.07. The molecule has 2 saturated heterocycles. The van der Waals surface area contributed by atoms with Crippen molar-refractivity contribution in [3.63, 3.8) is 0 Å². The molecule has 0 spiro atoms. The Kier molecular flexibility index (Phi) is 8.73. The van der Waals surface area contributed by atoms with Gasteiger partial charge in [-0.2, -0.15) is 0 Å². The van der Waals surface area contributed by atoms with E-state index in [-0.39, 0.29) is 23.3 Å². The minimum atomic E-state index is -2.83. The number of likely N-dealkylation sites (tertiary alicyclic amines) is 1. The highest BCUT2D eigenvalue weighted by Crippen LogP contribution is 2.43. The van der Waals surface area contributed by atoms with Crippen LogP contribution < -0.4 is 5.19 Å².